The van der Waals surface area contributed by atoms with Crippen molar-refractivity contribution in [2.75, 3.05) is 0 Å². The van der Waals surface area contributed by atoms with E-state index in [1.807, 2.05) is 0 Å². The predicted molar refractivity (Wildman–Crippen MR) is 48.9 cm³/mol. The van der Waals surface area contributed by atoms with Gasteiger partial charge in [0.05, 0.1) is 0 Å². The number of hydrogen-bond acceptors (Lipinski definition) is 1. The summed E-state index contributed by atoms with van der Waals surface area (Å²) < 4.78 is 0. The molecule has 0 rings (SSSR count). The molecule has 0 aliphatic heterocycles. The molecule has 0 radical (unpaired) electrons. The largest absolute Gasteiger partial charge is 0.0905 e. The van der Waals surface area contributed by atoms with Gasteiger partial charge in [-0.25, -0.2) is 0 Å². The average Bonchev–Trinajstić information content (AvgIpc) is 1.81. The van der Waals surface area contributed by atoms with Gasteiger partial charge in [-0.2, -0.15) is 0 Å². The minimum Gasteiger partial charge on any atom is -0.0905 e. The first kappa shape index (κ1) is 8.64. The molecule has 0 spiro atoms. The lowest BCUT2D eigenvalue weighted by Gasteiger charge is -1.81. The van der Waals surface area contributed by atoms with Crippen molar-refractivity contribution in [3.8, 4) is 11.2 Å². The topological polar surface area (TPSA) is 0 Å². The number of unbranched alkanes of at least 4 members (excludes halogenated alkanes) is 2. The van der Waals surface area contributed by atoms with Crippen molar-refractivity contribution in [3.63, 3.8) is 0 Å². The van der Waals surface area contributed by atoms with Crippen LogP contribution in [-0.2, 0) is 0 Å². The molecule has 0 saturated carbocycles. The quantitative estimate of drug-likeness (QED) is 0.405. The molecule has 0 unspecified atom stereocenters. The zero-order chi connectivity index (χ0) is 6.24. The number of hydrogen-bond donors (Lipinski definition) is 0. The highest BCUT2D eigenvalue weighted by Gasteiger charge is 1.74. The molecule has 0 aliphatic rings. The maximum Gasteiger partial charge on any atom is 0.0109 e. The molecule has 0 aliphatic carbocycles. The van der Waals surface area contributed by atoms with Gasteiger partial charge in [-0.05, 0) is 20.6 Å². The standard InChI is InChI=1S/C6H9IS/c1-2-3-4-5-6-8-7/h2-4H2,1H3. The van der Waals surface area contributed by atoms with E-state index in [4.69, 9.17) is 0 Å². The van der Waals surface area contributed by atoms with E-state index in [9.17, 15) is 0 Å². The fourth-order valence-electron chi connectivity index (χ4n) is 0.343. The fraction of sp³-hybridized carbons (Fsp3) is 0.667. The van der Waals surface area contributed by atoms with Crippen LogP contribution in [0.2, 0.25) is 0 Å². The third-order valence-electron chi connectivity index (χ3n) is 0.766. The summed E-state index contributed by atoms with van der Waals surface area (Å²) in [5.74, 6) is 3.04. The van der Waals surface area contributed by atoms with Crippen molar-refractivity contribution < 1.29 is 0 Å². The molecule has 0 bridgehead atoms. The Bertz CT molecular complexity index is 90.4. The minimum atomic E-state index is 1.06. The summed E-state index contributed by atoms with van der Waals surface area (Å²) in [5.41, 5.74) is 0. The number of halogens is 1. The average molecular weight is 240 g/mol. The Labute approximate surface area is 67.4 Å². The second-order valence-electron chi connectivity index (χ2n) is 1.46. The molecule has 0 aromatic rings. The molecular weight excluding hydrogens is 231 g/mol. The van der Waals surface area contributed by atoms with E-state index in [1.165, 1.54) is 12.8 Å². The SMILES string of the molecule is CCCCC#CSI. The Morgan fingerprint density at radius 2 is 2.38 bits per heavy atom. The van der Waals surface area contributed by atoms with Crippen LogP contribution in [0.1, 0.15) is 26.2 Å². The van der Waals surface area contributed by atoms with E-state index in [2.05, 4.69) is 39.3 Å². The molecule has 0 fully saturated rings. The summed E-state index contributed by atoms with van der Waals surface area (Å²) in [6, 6.07) is 0. The highest BCUT2D eigenvalue weighted by molar-refractivity contribution is 14.2. The van der Waals surface area contributed by atoms with Crippen molar-refractivity contribution in [1.82, 2.24) is 0 Å². The first-order valence-corrected chi connectivity index (χ1v) is 6.03. The van der Waals surface area contributed by atoms with Gasteiger partial charge < -0.3 is 0 Å². The molecule has 46 valence electrons. The van der Waals surface area contributed by atoms with Crippen molar-refractivity contribution in [3.05, 3.63) is 0 Å². The smallest absolute Gasteiger partial charge is 0.0109 e. The van der Waals surface area contributed by atoms with Gasteiger partial charge in [-0.15, -0.1) is 0 Å². The Morgan fingerprint density at radius 3 is 2.88 bits per heavy atom. The van der Waals surface area contributed by atoms with Crippen LogP contribution in [0.5, 0.6) is 0 Å². The Morgan fingerprint density at radius 1 is 1.62 bits per heavy atom. The Hall–Kier alpha value is 0.640. The van der Waals surface area contributed by atoms with Gasteiger partial charge >= 0.3 is 0 Å². The molecule has 0 saturated heterocycles. The van der Waals surface area contributed by atoms with E-state index in [-0.39, 0.29) is 0 Å². The molecule has 0 atom stereocenters. The summed E-state index contributed by atoms with van der Waals surface area (Å²) in [6.45, 7) is 2.18. The predicted octanol–water partition coefficient (Wildman–Crippen LogP) is 3.22. The number of rotatable bonds is 2. The van der Waals surface area contributed by atoms with Crippen LogP contribution in [0, 0.1) is 11.2 Å². The second kappa shape index (κ2) is 7.64. The Balaban J connectivity index is 2.90. The van der Waals surface area contributed by atoms with Gasteiger partial charge in [0, 0.05) is 27.6 Å². The maximum absolute atomic E-state index is 3.04. The third kappa shape index (κ3) is 6.64. The highest BCUT2D eigenvalue weighted by atomic mass is 127. The van der Waals surface area contributed by atoms with Crippen molar-refractivity contribution in [2.45, 2.75) is 26.2 Å². The van der Waals surface area contributed by atoms with E-state index >= 15 is 0 Å². The summed E-state index contributed by atoms with van der Waals surface area (Å²) in [4.78, 5) is 0. The lowest BCUT2D eigenvalue weighted by atomic mass is 10.3. The van der Waals surface area contributed by atoms with Crippen LogP contribution in [-0.4, -0.2) is 0 Å². The van der Waals surface area contributed by atoms with Crippen molar-refractivity contribution in [1.29, 1.82) is 0 Å². The van der Waals surface area contributed by atoms with Gasteiger partial charge in [0.2, 0.25) is 0 Å². The molecular formula is C6H9IS. The molecule has 0 aromatic carbocycles. The lowest BCUT2D eigenvalue weighted by molar-refractivity contribution is 0.828. The molecule has 0 N–H and O–H groups in total. The van der Waals surface area contributed by atoms with Crippen LogP contribution in [0.15, 0.2) is 0 Å². The van der Waals surface area contributed by atoms with E-state index in [0.717, 1.165) is 6.42 Å². The van der Waals surface area contributed by atoms with Crippen LogP contribution < -0.4 is 0 Å². The lowest BCUT2D eigenvalue weighted by Crippen LogP contribution is -1.64. The molecule has 8 heavy (non-hydrogen) atoms. The summed E-state index contributed by atoms with van der Waals surface area (Å²) in [7, 11) is 1.56. The first-order valence-electron chi connectivity index (χ1n) is 2.67. The highest BCUT2D eigenvalue weighted by Crippen LogP contribution is 2.07. The molecule has 0 heterocycles. The van der Waals surface area contributed by atoms with Gasteiger partial charge in [0.15, 0.2) is 0 Å². The van der Waals surface area contributed by atoms with Crippen LogP contribution in [0.25, 0.3) is 0 Å². The Kier molecular flexibility index (Phi) is 8.25. The van der Waals surface area contributed by atoms with Gasteiger partial charge in [0.1, 0.15) is 0 Å². The zero-order valence-corrected chi connectivity index (χ0v) is 7.88. The van der Waals surface area contributed by atoms with Crippen molar-refractivity contribution in [2.24, 2.45) is 0 Å². The maximum atomic E-state index is 3.04. The molecule has 0 nitrogen and oxygen atoms in total. The van der Waals surface area contributed by atoms with E-state index in [1.54, 1.807) is 8.93 Å². The van der Waals surface area contributed by atoms with Crippen LogP contribution in [0.4, 0.5) is 0 Å². The van der Waals surface area contributed by atoms with Gasteiger partial charge in [-0.3, -0.25) is 0 Å². The van der Waals surface area contributed by atoms with Gasteiger partial charge in [-0.1, -0.05) is 19.3 Å². The monoisotopic (exact) mass is 240 g/mol. The molecule has 0 amide bonds. The summed E-state index contributed by atoms with van der Waals surface area (Å²) >= 11 is 2.18. The molecule has 0 aromatic heterocycles. The van der Waals surface area contributed by atoms with Crippen LogP contribution >= 0.6 is 30.1 Å². The second-order valence-corrected chi connectivity index (χ2v) is 3.14. The summed E-state index contributed by atoms with van der Waals surface area (Å²) in [5, 5.41) is 2.94. The minimum absolute atomic E-state index is 1.06. The molecule has 2 heteroatoms. The van der Waals surface area contributed by atoms with Gasteiger partial charge in [0.25, 0.3) is 0 Å². The zero-order valence-electron chi connectivity index (χ0n) is 4.91. The third-order valence-corrected chi connectivity index (χ3v) is 1.65. The first-order chi connectivity index (χ1) is 3.91. The van der Waals surface area contributed by atoms with Crippen molar-refractivity contribution >= 4 is 30.1 Å². The van der Waals surface area contributed by atoms with Crippen LogP contribution in [0.3, 0.4) is 0 Å². The fourth-order valence-corrected chi connectivity index (χ4v) is 0.967. The van der Waals surface area contributed by atoms with E-state index < -0.39 is 0 Å². The van der Waals surface area contributed by atoms with E-state index in [0.29, 0.717) is 0 Å². The summed E-state index contributed by atoms with van der Waals surface area (Å²) in [6.07, 6.45) is 3.55. The normalized spacial score (nSPS) is 7.75.